The molecule has 0 saturated carbocycles. The molecule has 28 heavy (non-hydrogen) atoms. The van der Waals surface area contributed by atoms with Gasteiger partial charge in [-0.3, -0.25) is 4.79 Å². The normalized spacial score (nSPS) is 11.9. The lowest BCUT2D eigenvalue weighted by Crippen LogP contribution is -2.28. The van der Waals surface area contributed by atoms with Gasteiger partial charge in [-0.1, -0.05) is 48.4 Å². The van der Waals surface area contributed by atoms with Crippen molar-refractivity contribution in [3.63, 3.8) is 0 Å². The number of carbonyl (C=O) groups is 1. The van der Waals surface area contributed by atoms with Gasteiger partial charge in [-0.05, 0) is 37.1 Å². The SMILES string of the molecule is CCC(NC(=O)c1ccn(COc2ccc(F)c(Cl)c2)n1)c1ccc(C)cc1. The van der Waals surface area contributed by atoms with Crippen LogP contribution in [-0.2, 0) is 6.73 Å². The summed E-state index contributed by atoms with van der Waals surface area (Å²) in [6.07, 6.45) is 2.41. The van der Waals surface area contributed by atoms with Gasteiger partial charge in [-0.25, -0.2) is 9.07 Å². The third-order valence-corrected chi connectivity index (χ3v) is 4.61. The number of aryl methyl sites for hydroxylation is 1. The van der Waals surface area contributed by atoms with E-state index in [4.69, 9.17) is 16.3 Å². The first-order valence-electron chi connectivity index (χ1n) is 8.95. The number of benzene rings is 2. The van der Waals surface area contributed by atoms with Crippen molar-refractivity contribution in [2.45, 2.75) is 33.0 Å². The highest BCUT2D eigenvalue weighted by atomic mass is 35.5. The van der Waals surface area contributed by atoms with E-state index in [1.807, 2.05) is 38.1 Å². The lowest BCUT2D eigenvalue weighted by atomic mass is 10.0. The highest BCUT2D eigenvalue weighted by Gasteiger charge is 2.16. The van der Waals surface area contributed by atoms with E-state index in [9.17, 15) is 9.18 Å². The largest absolute Gasteiger partial charge is 0.471 e. The van der Waals surface area contributed by atoms with Crippen LogP contribution in [0.3, 0.4) is 0 Å². The molecule has 1 amide bonds. The molecule has 1 aromatic heterocycles. The molecule has 5 nitrogen and oxygen atoms in total. The van der Waals surface area contributed by atoms with Gasteiger partial charge in [0.05, 0.1) is 11.1 Å². The molecule has 0 radical (unpaired) electrons. The molecule has 0 bridgehead atoms. The van der Waals surface area contributed by atoms with Gasteiger partial charge >= 0.3 is 0 Å². The molecular weight excluding hydrogens is 381 g/mol. The van der Waals surface area contributed by atoms with Crippen molar-refractivity contribution >= 4 is 17.5 Å². The van der Waals surface area contributed by atoms with Gasteiger partial charge < -0.3 is 10.1 Å². The maximum atomic E-state index is 13.2. The monoisotopic (exact) mass is 401 g/mol. The zero-order chi connectivity index (χ0) is 20.1. The fourth-order valence-corrected chi connectivity index (χ4v) is 2.88. The molecule has 3 rings (SSSR count). The summed E-state index contributed by atoms with van der Waals surface area (Å²) in [5.41, 5.74) is 2.52. The van der Waals surface area contributed by atoms with Crippen molar-refractivity contribution < 1.29 is 13.9 Å². The minimum absolute atomic E-state index is 0.0141. The quantitative estimate of drug-likeness (QED) is 0.612. The summed E-state index contributed by atoms with van der Waals surface area (Å²) in [6, 6.07) is 13.7. The molecule has 1 atom stereocenters. The number of ether oxygens (including phenoxy) is 1. The van der Waals surface area contributed by atoms with Gasteiger partial charge in [0, 0.05) is 12.3 Å². The number of hydrogen-bond donors (Lipinski definition) is 1. The van der Waals surface area contributed by atoms with Crippen LogP contribution in [0.25, 0.3) is 0 Å². The minimum atomic E-state index is -0.508. The van der Waals surface area contributed by atoms with E-state index in [-0.39, 0.29) is 23.7 Å². The van der Waals surface area contributed by atoms with Crippen LogP contribution in [0.2, 0.25) is 5.02 Å². The van der Waals surface area contributed by atoms with Crippen LogP contribution in [0.4, 0.5) is 4.39 Å². The molecule has 146 valence electrons. The van der Waals surface area contributed by atoms with Gasteiger partial charge in [0.2, 0.25) is 0 Å². The van der Waals surface area contributed by atoms with Crippen molar-refractivity contribution in [2.75, 3.05) is 0 Å². The minimum Gasteiger partial charge on any atom is -0.471 e. The van der Waals surface area contributed by atoms with E-state index in [0.29, 0.717) is 11.4 Å². The third kappa shape index (κ3) is 4.89. The average Bonchev–Trinajstić information content (AvgIpc) is 3.17. The van der Waals surface area contributed by atoms with E-state index in [1.165, 1.54) is 28.4 Å². The summed E-state index contributed by atoms with van der Waals surface area (Å²) >= 11 is 5.73. The predicted molar refractivity (Wildman–Crippen MR) is 106 cm³/mol. The van der Waals surface area contributed by atoms with E-state index >= 15 is 0 Å². The Kier molecular flexibility index (Phi) is 6.31. The Morgan fingerprint density at radius 2 is 2.00 bits per heavy atom. The van der Waals surface area contributed by atoms with E-state index in [1.54, 1.807) is 12.3 Å². The molecule has 1 heterocycles. The first-order chi connectivity index (χ1) is 13.5. The van der Waals surface area contributed by atoms with Crippen LogP contribution in [0.15, 0.2) is 54.7 Å². The maximum absolute atomic E-state index is 13.2. The molecule has 1 unspecified atom stereocenters. The van der Waals surface area contributed by atoms with Crippen molar-refractivity contribution in [1.29, 1.82) is 0 Å². The summed E-state index contributed by atoms with van der Waals surface area (Å²) in [5.74, 6) is -0.347. The van der Waals surface area contributed by atoms with Crippen LogP contribution < -0.4 is 10.1 Å². The van der Waals surface area contributed by atoms with E-state index in [0.717, 1.165) is 12.0 Å². The van der Waals surface area contributed by atoms with Crippen molar-refractivity contribution in [2.24, 2.45) is 0 Å². The number of carbonyl (C=O) groups excluding carboxylic acids is 1. The highest BCUT2D eigenvalue weighted by Crippen LogP contribution is 2.21. The van der Waals surface area contributed by atoms with Crippen LogP contribution in [0.5, 0.6) is 5.75 Å². The number of aromatic nitrogens is 2. The average molecular weight is 402 g/mol. The summed E-state index contributed by atoms with van der Waals surface area (Å²) < 4.78 is 20.2. The Balaban J connectivity index is 1.61. The Hall–Kier alpha value is -2.86. The Morgan fingerprint density at radius 3 is 2.68 bits per heavy atom. The molecule has 3 aromatic rings. The molecule has 0 saturated heterocycles. The maximum Gasteiger partial charge on any atom is 0.272 e. The van der Waals surface area contributed by atoms with Crippen molar-refractivity contribution in [3.05, 3.63) is 82.4 Å². The second kappa shape index (κ2) is 8.89. The van der Waals surface area contributed by atoms with Crippen LogP contribution >= 0.6 is 11.6 Å². The first kappa shape index (κ1) is 19.9. The summed E-state index contributed by atoms with van der Waals surface area (Å²) in [7, 11) is 0. The molecule has 0 spiro atoms. The zero-order valence-corrected chi connectivity index (χ0v) is 16.4. The van der Waals surface area contributed by atoms with Crippen LogP contribution in [0, 0.1) is 12.7 Å². The molecule has 7 heteroatoms. The number of nitrogens with zero attached hydrogens (tertiary/aromatic N) is 2. The lowest BCUT2D eigenvalue weighted by Gasteiger charge is -2.17. The number of amides is 1. The van der Waals surface area contributed by atoms with Crippen LogP contribution in [-0.4, -0.2) is 15.7 Å². The van der Waals surface area contributed by atoms with Crippen LogP contribution in [0.1, 0.15) is 41.0 Å². The van der Waals surface area contributed by atoms with Gasteiger partial charge in [-0.15, -0.1) is 0 Å². The number of hydrogen-bond acceptors (Lipinski definition) is 3. The standard InChI is InChI=1S/C21H21ClFN3O2/c1-3-19(15-6-4-14(2)5-7-15)24-21(27)20-10-11-26(25-20)13-28-16-8-9-18(23)17(22)12-16/h4-12,19H,3,13H2,1-2H3,(H,24,27). The van der Waals surface area contributed by atoms with Crippen molar-refractivity contribution in [1.82, 2.24) is 15.1 Å². The highest BCUT2D eigenvalue weighted by molar-refractivity contribution is 6.30. The third-order valence-electron chi connectivity index (χ3n) is 4.32. The number of nitrogens with one attached hydrogen (secondary N) is 1. The van der Waals surface area contributed by atoms with Crippen molar-refractivity contribution in [3.8, 4) is 5.75 Å². The van der Waals surface area contributed by atoms with Gasteiger partial charge in [0.15, 0.2) is 6.73 Å². The first-order valence-corrected chi connectivity index (χ1v) is 9.33. The molecule has 0 aliphatic heterocycles. The van der Waals surface area contributed by atoms with Gasteiger partial charge in [-0.2, -0.15) is 5.10 Å². The summed E-state index contributed by atoms with van der Waals surface area (Å²) in [4.78, 5) is 12.5. The molecular formula is C21H21ClFN3O2. The summed E-state index contributed by atoms with van der Waals surface area (Å²) in [6.45, 7) is 4.12. The Morgan fingerprint density at radius 1 is 1.25 bits per heavy atom. The Bertz CT molecular complexity index is 957. The van der Waals surface area contributed by atoms with E-state index in [2.05, 4.69) is 10.4 Å². The zero-order valence-electron chi connectivity index (χ0n) is 15.7. The molecule has 0 aliphatic carbocycles. The van der Waals surface area contributed by atoms with Gasteiger partial charge in [0.25, 0.3) is 5.91 Å². The fourth-order valence-electron chi connectivity index (χ4n) is 2.71. The topological polar surface area (TPSA) is 56.2 Å². The molecule has 2 aromatic carbocycles. The second-order valence-electron chi connectivity index (χ2n) is 6.43. The Labute approximate surface area is 168 Å². The van der Waals surface area contributed by atoms with Gasteiger partial charge in [0.1, 0.15) is 17.3 Å². The molecule has 0 fully saturated rings. The van der Waals surface area contributed by atoms with E-state index < -0.39 is 5.82 Å². The lowest BCUT2D eigenvalue weighted by molar-refractivity contribution is 0.0928. The number of rotatable bonds is 7. The predicted octanol–water partition coefficient (Wildman–Crippen LogP) is 4.90. The number of halogens is 2. The smallest absolute Gasteiger partial charge is 0.272 e. The second-order valence-corrected chi connectivity index (χ2v) is 6.84. The summed E-state index contributed by atoms with van der Waals surface area (Å²) in [5, 5.41) is 7.22. The fraction of sp³-hybridized carbons (Fsp3) is 0.238. The molecule has 1 N–H and O–H groups in total. The molecule has 0 aliphatic rings.